The normalized spacial score (nSPS) is 9.56. The maximum atomic E-state index is 11.3. The van der Waals surface area contributed by atoms with Crippen LogP contribution in [0.4, 0.5) is 5.69 Å². The Kier molecular flexibility index (Phi) is 3.77. The molecule has 0 saturated heterocycles. The molecule has 0 radical (unpaired) electrons. The number of rotatable bonds is 5. The third-order valence-electron chi connectivity index (χ3n) is 1.91. The van der Waals surface area contributed by atoms with E-state index in [-0.39, 0.29) is 23.6 Å². The van der Waals surface area contributed by atoms with Crippen LogP contribution < -0.4 is 4.74 Å². The zero-order valence-corrected chi connectivity index (χ0v) is 8.80. The topological polar surface area (TPSA) is 69.4 Å². The van der Waals surface area contributed by atoms with Gasteiger partial charge < -0.3 is 4.74 Å². The molecule has 0 heterocycles. The van der Waals surface area contributed by atoms with Gasteiger partial charge in [-0.05, 0) is 13.0 Å². The van der Waals surface area contributed by atoms with E-state index in [1.807, 2.05) is 0 Å². The second-order valence-corrected chi connectivity index (χ2v) is 3.09. The zero-order chi connectivity index (χ0) is 12.1. The molecule has 84 valence electrons. The molecule has 0 unspecified atom stereocenters. The van der Waals surface area contributed by atoms with Crippen molar-refractivity contribution in [3.63, 3.8) is 0 Å². The third kappa shape index (κ3) is 2.66. The molecule has 16 heavy (non-hydrogen) atoms. The van der Waals surface area contributed by atoms with Gasteiger partial charge in [0.05, 0.1) is 10.5 Å². The quantitative estimate of drug-likeness (QED) is 0.331. The molecule has 0 N–H and O–H groups in total. The summed E-state index contributed by atoms with van der Waals surface area (Å²) in [6.45, 7) is 5.06. The lowest BCUT2D eigenvalue weighted by molar-refractivity contribution is -0.384. The minimum Gasteiger partial charge on any atom is -0.489 e. The maximum Gasteiger partial charge on any atom is 0.270 e. The molecule has 0 saturated carbocycles. The number of carbonyl (C=O) groups is 1. The Morgan fingerprint density at radius 3 is 2.81 bits per heavy atom. The van der Waals surface area contributed by atoms with E-state index in [4.69, 9.17) is 4.74 Å². The van der Waals surface area contributed by atoms with Gasteiger partial charge in [-0.3, -0.25) is 14.9 Å². The van der Waals surface area contributed by atoms with Gasteiger partial charge in [-0.1, -0.05) is 12.7 Å². The molecule has 0 fully saturated rings. The van der Waals surface area contributed by atoms with Crippen LogP contribution in [0.2, 0.25) is 0 Å². The standard InChI is InChI=1S/C11H11NO4/c1-3-6-16-11-5-4-9(12(14)15)7-10(11)8(2)13/h3-5,7H,1,6H2,2H3. The zero-order valence-electron chi connectivity index (χ0n) is 8.80. The van der Waals surface area contributed by atoms with Crippen molar-refractivity contribution < 1.29 is 14.5 Å². The number of hydrogen-bond donors (Lipinski definition) is 0. The van der Waals surface area contributed by atoms with Crippen LogP contribution in [0, 0.1) is 10.1 Å². The second-order valence-electron chi connectivity index (χ2n) is 3.09. The fraction of sp³-hybridized carbons (Fsp3) is 0.182. The molecule has 1 aromatic rings. The van der Waals surface area contributed by atoms with Crippen LogP contribution in [0.3, 0.4) is 0 Å². The van der Waals surface area contributed by atoms with E-state index in [1.165, 1.54) is 31.2 Å². The Morgan fingerprint density at radius 2 is 2.31 bits per heavy atom. The molecule has 0 atom stereocenters. The Morgan fingerprint density at radius 1 is 1.62 bits per heavy atom. The molecule has 0 bridgehead atoms. The van der Waals surface area contributed by atoms with Crippen molar-refractivity contribution >= 4 is 11.5 Å². The number of carbonyl (C=O) groups excluding carboxylic acids is 1. The van der Waals surface area contributed by atoms with Gasteiger partial charge in [0.2, 0.25) is 0 Å². The van der Waals surface area contributed by atoms with E-state index in [0.717, 1.165) is 0 Å². The number of hydrogen-bond acceptors (Lipinski definition) is 4. The van der Waals surface area contributed by atoms with Gasteiger partial charge in [0.1, 0.15) is 12.4 Å². The minimum absolute atomic E-state index is 0.129. The third-order valence-corrected chi connectivity index (χ3v) is 1.91. The van der Waals surface area contributed by atoms with Gasteiger partial charge >= 0.3 is 0 Å². The van der Waals surface area contributed by atoms with E-state index in [1.54, 1.807) is 0 Å². The molecule has 1 rings (SSSR count). The van der Waals surface area contributed by atoms with Crippen LogP contribution in [0.5, 0.6) is 5.75 Å². The predicted molar refractivity (Wildman–Crippen MR) is 58.8 cm³/mol. The summed E-state index contributed by atoms with van der Waals surface area (Å²) < 4.78 is 5.22. The highest BCUT2D eigenvalue weighted by Crippen LogP contribution is 2.24. The lowest BCUT2D eigenvalue weighted by Gasteiger charge is -2.07. The minimum atomic E-state index is -0.552. The largest absolute Gasteiger partial charge is 0.489 e. The molecule has 0 aliphatic carbocycles. The number of non-ortho nitro benzene ring substituents is 1. The SMILES string of the molecule is C=CCOc1ccc([N+](=O)[O-])cc1C(C)=O. The average Bonchev–Trinajstić information content (AvgIpc) is 2.25. The van der Waals surface area contributed by atoms with E-state index in [9.17, 15) is 14.9 Å². The summed E-state index contributed by atoms with van der Waals surface area (Å²) in [4.78, 5) is 21.3. The highest BCUT2D eigenvalue weighted by atomic mass is 16.6. The Balaban J connectivity index is 3.13. The van der Waals surface area contributed by atoms with Gasteiger partial charge in [0.25, 0.3) is 5.69 Å². The first-order chi connectivity index (χ1) is 7.56. The van der Waals surface area contributed by atoms with Crippen molar-refractivity contribution in [2.24, 2.45) is 0 Å². The predicted octanol–water partition coefficient (Wildman–Crippen LogP) is 2.36. The van der Waals surface area contributed by atoms with Gasteiger partial charge in [-0.15, -0.1) is 0 Å². The fourth-order valence-electron chi connectivity index (χ4n) is 1.18. The van der Waals surface area contributed by atoms with E-state index in [0.29, 0.717) is 5.75 Å². The van der Waals surface area contributed by atoms with Crippen LogP contribution >= 0.6 is 0 Å². The lowest BCUT2D eigenvalue weighted by atomic mass is 10.1. The molecule has 1 aromatic carbocycles. The van der Waals surface area contributed by atoms with Crippen molar-refractivity contribution in [2.45, 2.75) is 6.92 Å². The summed E-state index contributed by atoms with van der Waals surface area (Å²) in [7, 11) is 0. The summed E-state index contributed by atoms with van der Waals surface area (Å²) in [5, 5.41) is 10.5. The number of Topliss-reactive ketones (excluding diaryl/α,β-unsaturated/α-hetero) is 1. The van der Waals surface area contributed by atoms with Crippen molar-refractivity contribution in [2.75, 3.05) is 6.61 Å². The van der Waals surface area contributed by atoms with Crippen molar-refractivity contribution in [1.82, 2.24) is 0 Å². The molecule has 0 amide bonds. The summed E-state index contributed by atoms with van der Waals surface area (Å²) in [5.74, 6) is 0.0563. The maximum absolute atomic E-state index is 11.3. The number of ether oxygens (including phenoxy) is 1. The molecular formula is C11H11NO4. The van der Waals surface area contributed by atoms with Gasteiger partial charge in [0, 0.05) is 12.1 Å². The number of nitrogens with zero attached hydrogens (tertiary/aromatic N) is 1. The van der Waals surface area contributed by atoms with E-state index in [2.05, 4.69) is 6.58 Å². The van der Waals surface area contributed by atoms with Crippen LogP contribution in [0.25, 0.3) is 0 Å². The molecule has 0 spiro atoms. The first-order valence-corrected chi connectivity index (χ1v) is 4.59. The van der Waals surface area contributed by atoms with Crippen LogP contribution in [-0.4, -0.2) is 17.3 Å². The van der Waals surface area contributed by atoms with E-state index >= 15 is 0 Å². The summed E-state index contributed by atoms with van der Waals surface area (Å²) in [6.07, 6.45) is 1.53. The molecule has 0 aliphatic rings. The number of nitro groups is 1. The van der Waals surface area contributed by atoms with Crippen molar-refractivity contribution in [3.8, 4) is 5.75 Å². The van der Waals surface area contributed by atoms with Crippen molar-refractivity contribution in [1.29, 1.82) is 0 Å². The summed E-state index contributed by atoms with van der Waals surface area (Å²) in [6, 6.07) is 3.92. The highest BCUT2D eigenvalue weighted by Gasteiger charge is 2.14. The second kappa shape index (κ2) is 5.06. The Labute approximate surface area is 92.5 Å². The van der Waals surface area contributed by atoms with Crippen molar-refractivity contribution in [3.05, 3.63) is 46.5 Å². The van der Waals surface area contributed by atoms with Gasteiger partial charge in [-0.2, -0.15) is 0 Å². The first-order valence-electron chi connectivity index (χ1n) is 4.59. The lowest BCUT2D eigenvalue weighted by Crippen LogP contribution is -2.02. The number of nitro benzene ring substituents is 1. The monoisotopic (exact) mass is 221 g/mol. The number of ketones is 1. The fourth-order valence-corrected chi connectivity index (χ4v) is 1.18. The number of benzene rings is 1. The molecule has 0 aromatic heterocycles. The average molecular weight is 221 g/mol. The molecule has 5 nitrogen and oxygen atoms in total. The van der Waals surface area contributed by atoms with Crippen LogP contribution in [0.1, 0.15) is 17.3 Å². The molecule has 5 heteroatoms. The van der Waals surface area contributed by atoms with Gasteiger partial charge in [-0.25, -0.2) is 0 Å². The Hall–Kier alpha value is -2.17. The van der Waals surface area contributed by atoms with Crippen LogP contribution in [-0.2, 0) is 0 Å². The summed E-state index contributed by atoms with van der Waals surface area (Å²) >= 11 is 0. The Bertz CT molecular complexity index is 440. The smallest absolute Gasteiger partial charge is 0.270 e. The van der Waals surface area contributed by atoms with Crippen LogP contribution in [0.15, 0.2) is 30.9 Å². The van der Waals surface area contributed by atoms with Gasteiger partial charge in [0.15, 0.2) is 5.78 Å². The molecule has 0 aliphatic heterocycles. The van der Waals surface area contributed by atoms with E-state index < -0.39 is 4.92 Å². The summed E-state index contributed by atoms with van der Waals surface area (Å²) in [5.41, 5.74) is 0.0761. The molecular weight excluding hydrogens is 210 g/mol. The highest BCUT2D eigenvalue weighted by molar-refractivity contribution is 5.97. The first kappa shape index (κ1) is 11.9.